The van der Waals surface area contributed by atoms with Crippen molar-refractivity contribution in [2.75, 3.05) is 0 Å². The van der Waals surface area contributed by atoms with E-state index in [9.17, 15) is 13.2 Å². The van der Waals surface area contributed by atoms with E-state index in [2.05, 4.69) is 20.1 Å². The lowest BCUT2D eigenvalue weighted by Gasteiger charge is -2.11. The van der Waals surface area contributed by atoms with Gasteiger partial charge in [-0.1, -0.05) is 23.4 Å². The molecular formula is C18H12F3N3O4. The number of rotatable bonds is 4. The Bertz CT molecular complexity index is 972. The lowest BCUT2D eigenvalue weighted by Crippen LogP contribution is -2.17. The number of ether oxygens (including phenoxy) is 2. The Labute approximate surface area is 156 Å². The van der Waals surface area contributed by atoms with E-state index < -0.39 is 12.5 Å². The standard InChI is InChI=1S/C18H12F3N3O4/c19-18(20,21)27-13-6-4-11(5-7-13)15-9-16(24-28-15)26-14-3-1-2-12(8-14)17-23-22-10-25-17/h1-8,10,15H,9H2/t15-/m1/s1. The van der Waals surface area contributed by atoms with Crippen molar-refractivity contribution in [2.45, 2.75) is 18.9 Å². The van der Waals surface area contributed by atoms with Gasteiger partial charge in [-0.3, -0.25) is 0 Å². The number of halogens is 3. The minimum absolute atomic E-state index is 0.301. The van der Waals surface area contributed by atoms with Gasteiger partial charge in [0.05, 0.1) is 6.42 Å². The summed E-state index contributed by atoms with van der Waals surface area (Å²) in [7, 11) is 0. The third-order valence-corrected chi connectivity index (χ3v) is 3.80. The number of nitrogens with zero attached hydrogens (tertiary/aromatic N) is 3. The maximum absolute atomic E-state index is 12.2. The molecule has 4 rings (SSSR count). The van der Waals surface area contributed by atoms with Crippen LogP contribution in [0.5, 0.6) is 11.5 Å². The van der Waals surface area contributed by atoms with Crippen LogP contribution in [0, 0.1) is 0 Å². The zero-order valence-corrected chi connectivity index (χ0v) is 14.1. The van der Waals surface area contributed by atoms with Gasteiger partial charge in [0.25, 0.3) is 0 Å². The topological polar surface area (TPSA) is 79.0 Å². The van der Waals surface area contributed by atoms with Crippen LogP contribution < -0.4 is 9.47 Å². The maximum Gasteiger partial charge on any atom is 0.573 e. The lowest BCUT2D eigenvalue weighted by atomic mass is 10.1. The molecule has 0 amide bonds. The average Bonchev–Trinajstić information content (AvgIpc) is 3.33. The van der Waals surface area contributed by atoms with Crippen LogP contribution in [0.2, 0.25) is 0 Å². The fourth-order valence-electron chi connectivity index (χ4n) is 2.61. The van der Waals surface area contributed by atoms with E-state index in [0.29, 0.717) is 35.1 Å². The summed E-state index contributed by atoms with van der Waals surface area (Å²) < 4.78 is 51.4. The normalized spacial score (nSPS) is 16.4. The second-order valence-corrected chi connectivity index (χ2v) is 5.77. The van der Waals surface area contributed by atoms with E-state index in [1.54, 1.807) is 24.3 Å². The van der Waals surface area contributed by atoms with Crippen LogP contribution in [0.4, 0.5) is 13.2 Å². The molecule has 0 unspecified atom stereocenters. The average molecular weight is 391 g/mol. The molecule has 0 saturated heterocycles. The number of hydrogen-bond acceptors (Lipinski definition) is 7. The van der Waals surface area contributed by atoms with Gasteiger partial charge < -0.3 is 18.7 Å². The lowest BCUT2D eigenvalue weighted by molar-refractivity contribution is -0.274. The van der Waals surface area contributed by atoms with Gasteiger partial charge in [-0.2, -0.15) is 0 Å². The molecule has 2 aromatic carbocycles. The molecule has 2 heterocycles. The summed E-state index contributed by atoms with van der Waals surface area (Å²) in [4.78, 5) is 5.33. The Morgan fingerprint density at radius 1 is 1.04 bits per heavy atom. The predicted octanol–water partition coefficient (Wildman–Crippen LogP) is 4.49. The monoisotopic (exact) mass is 391 g/mol. The van der Waals surface area contributed by atoms with Crippen molar-refractivity contribution in [1.82, 2.24) is 10.2 Å². The molecule has 7 nitrogen and oxygen atoms in total. The highest BCUT2D eigenvalue weighted by Gasteiger charge is 2.31. The number of aromatic nitrogens is 2. The second-order valence-electron chi connectivity index (χ2n) is 5.77. The summed E-state index contributed by atoms with van der Waals surface area (Å²) >= 11 is 0. The van der Waals surface area contributed by atoms with Gasteiger partial charge in [0.1, 0.15) is 11.5 Å². The van der Waals surface area contributed by atoms with Crippen molar-refractivity contribution in [1.29, 1.82) is 0 Å². The maximum atomic E-state index is 12.2. The van der Waals surface area contributed by atoms with E-state index in [1.165, 1.54) is 30.7 Å². The van der Waals surface area contributed by atoms with E-state index in [1.807, 2.05) is 0 Å². The Balaban J connectivity index is 1.39. The van der Waals surface area contributed by atoms with Crippen LogP contribution in [0.3, 0.4) is 0 Å². The first-order valence-electron chi connectivity index (χ1n) is 8.09. The molecule has 1 aliphatic heterocycles. The minimum Gasteiger partial charge on any atom is -0.440 e. The molecule has 0 bridgehead atoms. The smallest absolute Gasteiger partial charge is 0.440 e. The van der Waals surface area contributed by atoms with Gasteiger partial charge in [-0.15, -0.1) is 23.4 Å². The van der Waals surface area contributed by atoms with E-state index in [4.69, 9.17) is 14.0 Å². The SMILES string of the molecule is FC(F)(F)Oc1ccc([C@H]2CC(Oc3cccc(-c4nnco4)c3)=NO2)cc1. The molecule has 144 valence electrons. The van der Waals surface area contributed by atoms with Gasteiger partial charge in [0.15, 0.2) is 6.10 Å². The Hall–Kier alpha value is -3.56. The summed E-state index contributed by atoms with van der Waals surface area (Å²) in [5.41, 5.74) is 1.34. The minimum atomic E-state index is -4.73. The summed E-state index contributed by atoms with van der Waals surface area (Å²) in [6, 6.07) is 12.4. The molecular weight excluding hydrogens is 379 g/mol. The Morgan fingerprint density at radius 3 is 2.57 bits per heavy atom. The van der Waals surface area contributed by atoms with Crippen molar-refractivity contribution in [2.24, 2.45) is 5.16 Å². The third-order valence-electron chi connectivity index (χ3n) is 3.80. The molecule has 0 aliphatic carbocycles. The van der Waals surface area contributed by atoms with Crippen LogP contribution in [0.25, 0.3) is 11.5 Å². The number of alkyl halides is 3. The predicted molar refractivity (Wildman–Crippen MR) is 89.4 cm³/mol. The molecule has 1 aliphatic rings. The molecule has 0 N–H and O–H groups in total. The van der Waals surface area contributed by atoms with Crippen LogP contribution in [-0.2, 0) is 4.84 Å². The molecule has 0 radical (unpaired) electrons. The zero-order chi connectivity index (χ0) is 19.6. The van der Waals surface area contributed by atoms with E-state index >= 15 is 0 Å². The van der Waals surface area contributed by atoms with Gasteiger partial charge in [-0.05, 0) is 35.9 Å². The van der Waals surface area contributed by atoms with Gasteiger partial charge in [0, 0.05) is 5.56 Å². The second kappa shape index (κ2) is 7.22. The third kappa shape index (κ3) is 4.22. The first-order chi connectivity index (χ1) is 13.5. The number of benzene rings is 2. The highest BCUT2D eigenvalue weighted by molar-refractivity contribution is 5.80. The molecule has 0 saturated carbocycles. The van der Waals surface area contributed by atoms with Crippen molar-refractivity contribution < 1.29 is 31.9 Å². The quantitative estimate of drug-likeness (QED) is 0.652. The van der Waals surface area contributed by atoms with Gasteiger partial charge in [0.2, 0.25) is 18.2 Å². The fraction of sp³-hybridized carbons (Fsp3) is 0.167. The molecule has 10 heteroatoms. The van der Waals surface area contributed by atoms with Crippen LogP contribution in [-0.4, -0.2) is 22.5 Å². The largest absolute Gasteiger partial charge is 0.573 e. The summed E-state index contributed by atoms with van der Waals surface area (Å²) in [6.45, 7) is 0. The first-order valence-corrected chi connectivity index (χ1v) is 8.09. The zero-order valence-electron chi connectivity index (χ0n) is 14.1. The number of hydrogen-bond donors (Lipinski definition) is 0. The Kier molecular flexibility index (Phi) is 4.60. The molecule has 1 atom stereocenters. The van der Waals surface area contributed by atoms with Crippen molar-refractivity contribution in [3.8, 4) is 23.0 Å². The fourth-order valence-corrected chi connectivity index (χ4v) is 2.61. The molecule has 1 aromatic heterocycles. The van der Waals surface area contributed by atoms with E-state index in [-0.39, 0.29) is 5.75 Å². The van der Waals surface area contributed by atoms with Crippen LogP contribution in [0.15, 0.2) is 64.5 Å². The Morgan fingerprint density at radius 2 is 1.86 bits per heavy atom. The summed E-state index contributed by atoms with van der Waals surface area (Å²) in [5.74, 6) is 0.898. The van der Waals surface area contributed by atoms with E-state index in [0.717, 1.165) is 0 Å². The van der Waals surface area contributed by atoms with Crippen molar-refractivity contribution >= 4 is 5.90 Å². The highest BCUT2D eigenvalue weighted by atomic mass is 19.4. The molecule has 28 heavy (non-hydrogen) atoms. The summed E-state index contributed by atoms with van der Waals surface area (Å²) in [5, 5.41) is 11.4. The van der Waals surface area contributed by atoms with Crippen molar-refractivity contribution in [3.63, 3.8) is 0 Å². The number of oxime groups is 1. The van der Waals surface area contributed by atoms with Crippen LogP contribution in [0.1, 0.15) is 18.1 Å². The summed E-state index contributed by atoms with van der Waals surface area (Å²) in [6.07, 6.45) is -3.64. The van der Waals surface area contributed by atoms with Gasteiger partial charge in [-0.25, -0.2) is 0 Å². The molecule has 0 spiro atoms. The van der Waals surface area contributed by atoms with Crippen LogP contribution >= 0.6 is 0 Å². The van der Waals surface area contributed by atoms with Gasteiger partial charge >= 0.3 is 6.36 Å². The highest BCUT2D eigenvalue weighted by Crippen LogP contribution is 2.31. The van der Waals surface area contributed by atoms with Crippen molar-refractivity contribution in [3.05, 3.63) is 60.5 Å². The molecule has 3 aromatic rings. The molecule has 0 fully saturated rings. The first kappa shape index (κ1) is 17.8.